The number of thioether (sulfide) groups is 1. The molecule has 0 atom stereocenters. The number of carbonyl (C=O) groups excluding carboxylic acids is 1. The first-order valence-electron chi connectivity index (χ1n) is 10.5. The van der Waals surface area contributed by atoms with Crippen molar-refractivity contribution in [2.75, 3.05) is 5.32 Å². The van der Waals surface area contributed by atoms with E-state index in [1.54, 1.807) is 49.4 Å². The Kier molecular flexibility index (Phi) is 7.06. The average Bonchev–Trinajstić information content (AvgIpc) is 3.02. The van der Waals surface area contributed by atoms with E-state index in [0.717, 1.165) is 4.57 Å². The highest BCUT2D eigenvalue weighted by atomic mass is 32.2. The number of halogens is 3. The minimum atomic E-state index is -4.43. The molecule has 2 heterocycles. The number of para-hydroxylation sites is 1. The first kappa shape index (κ1) is 24.9. The third-order valence-electron chi connectivity index (χ3n) is 5.04. The second-order valence-electron chi connectivity index (χ2n) is 7.53. The summed E-state index contributed by atoms with van der Waals surface area (Å²) in [5, 5.41) is 13.1. The second kappa shape index (κ2) is 10.2. The van der Waals surface area contributed by atoms with Gasteiger partial charge in [-0.15, -0.1) is 0 Å². The lowest BCUT2D eigenvalue weighted by Gasteiger charge is -2.08. The van der Waals surface area contributed by atoms with Crippen LogP contribution in [0.1, 0.15) is 11.3 Å². The number of alkyl halides is 3. The van der Waals surface area contributed by atoms with Crippen LogP contribution in [0.3, 0.4) is 0 Å². The number of rotatable bonds is 6. The predicted octanol–water partition coefficient (Wildman–Crippen LogP) is 5.32. The summed E-state index contributed by atoms with van der Waals surface area (Å²) >= 11 is -0.271. The summed E-state index contributed by atoms with van der Waals surface area (Å²) in [5.41, 5.74) is -3.96. The Balaban J connectivity index is 1.53. The van der Waals surface area contributed by atoms with Gasteiger partial charge in [0.25, 0.3) is 0 Å². The van der Waals surface area contributed by atoms with Crippen molar-refractivity contribution in [2.24, 2.45) is 0 Å². The van der Waals surface area contributed by atoms with E-state index >= 15 is 0 Å². The lowest BCUT2D eigenvalue weighted by atomic mass is 10.2. The van der Waals surface area contributed by atoms with Gasteiger partial charge < -0.3 is 9.84 Å². The van der Waals surface area contributed by atoms with Crippen molar-refractivity contribution in [3.05, 3.63) is 94.7 Å². The second-order valence-corrected chi connectivity index (χ2v) is 8.67. The fourth-order valence-electron chi connectivity index (χ4n) is 3.40. The van der Waals surface area contributed by atoms with E-state index in [2.05, 4.69) is 10.3 Å². The van der Waals surface area contributed by atoms with E-state index in [1.165, 1.54) is 35.0 Å². The number of pyridine rings is 1. The van der Waals surface area contributed by atoms with E-state index < -0.39 is 17.3 Å². The van der Waals surface area contributed by atoms with Gasteiger partial charge in [0.1, 0.15) is 11.6 Å². The monoisotopic (exact) mass is 516 g/mol. The maximum absolute atomic E-state index is 13.1. The number of imidazole rings is 1. The van der Waals surface area contributed by atoms with Crippen LogP contribution in [0.2, 0.25) is 0 Å². The van der Waals surface area contributed by atoms with Crippen molar-refractivity contribution < 1.29 is 27.8 Å². The Morgan fingerprint density at radius 1 is 1.11 bits per heavy atom. The normalized spacial score (nSPS) is 11.3. The Hall–Kier alpha value is -4.19. The number of anilines is 1. The summed E-state index contributed by atoms with van der Waals surface area (Å²) < 4.78 is 45.2. The Labute approximate surface area is 207 Å². The summed E-state index contributed by atoms with van der Waals surface area (Å²) in [6.45, 7) is 1.58. The molecule has 8 nitrogen and oxygen atoms in total. The zero-order chi connectivity index (χ0) is 25.9. The quantitative estimate of drug-likeness (QED) is 0.337. The minimum Gasteiger partial charge on any atom is -0.493 e. The largest absolute Gasteiger partial charge is 0.493 e. The van der Waals surface area contributed by atoms with Gasteiger partial charge in [0.05, 0.1) is 17.9 Å². The molecule has 0 aliphatic rings. The van der Waals surface area contributed by atoms with Crippen molar-refractivity contribution in [1.82, 2.24) is 14.1 Å². The topological polar surface area (TPSA) is 98.4 Å². The smallest absolute Gasteiger partial charge is 0.446 e. The molecule has 0 bridgehead atoms. The fraction of sp³-hybridized carbons (Fsp3) is 0.125. The molecule has 2 N–H and O–H groups in total. The first-order valence-corrected chi connectivity index (χ1v) is 11.3. The molecule has 0 aliphatic heterocycles. The lowest BCUT2D eigenvalue weighted by molar-refractivity contribution is -0.0328. The van der Waals surface area contributed by atoms with Gasteiger partial charge in [-0.25, -0.2) is 19.1 Å². The number of nitrogens with zero attached hydrogens (tertiary/aromatic N) is 3. The van der Waals surface area contributed by atoms with Crippen LogP contribution in [0.25, 0.3) is 5.69 Å². The van der Waals surface area contributed by atoms with Crippen LogP contribution in [-0.2, 0) is 6.54 Å². The van der Waals surface area contributed by atoms with Crippen molar-refractivity contribution in [2.45, 2.75) is 23.9 Å². The maximum Gasteiger partial charge on any atom is 0.446 e. The van der Waals surface area contributed by atoms with Crippen LogP contribution in [-0.4, -0.2) is 30.8 Å². The summed E-state index contributed by atoms with van der Waals surface area (Å²) in [5.74, 6) is 0.214. The van der Waals surface area contributed by atoms with E-state index in [-0.39, 0.29) is 46.3 Å². The van der Waals surface area contributed by atoms with E-state index in [1.807, 2.05) is 0 Å². The van der Waals surface area contributed by atoms with Crippen molar-refractivity contribution in [3.63, 3.8) is 0 Å². The lowest BCUT2D eigenvalue weighted by Crippen LogP contribution is -2.24. The molecule has 2 aromatic heterocycles. The molecule has 186 valence electrons. The molecule has 0 saturated carbocycles. The number of nitrogens with one attached hydrogen (secondary N) is 1. The summed E-state index contributed by atoms with van der Waals surface area (Å²) in [6.07, 6.45) is 0.706. The van der Waals surface area contributed by atoms with Gasteiger partial charge in [-0.05, 0) is 72.8 Å². The van der Waals surface area contributed by atoms with E-state index in [0.29, 0.717) is 11.3 Å². The number of aromatic hydroxyl groups is 1. The minimum absolute atomic E-state index is 0.0398. The summed E-state index contributed by atoms with van der Waals surface area (Å²) in [4.78, 5) is 29.2. The molecule has 0 unspecified atom stereocenters. The van der Waals surface area contributed by atoms with Gasteiger partial charge in [-0.3, -0.25) is 9.88 Å². The molecule has 0 saturated heterocycles. The molecule has 12 heteroatoms. The van der Waals surface area contributed by atoms with Gasteiger partial charge in [0.2, 0.25) is 5.88 Å². The standard InChI is InChI=1S/C24H19F3N4O4S/c1-15-21(32)31(17-7-9-19(10-8-17)36-24(25,26)27)23(34)30(15)14-16-11-12-28-20(13-16)29-22(33)35-18-5-3-2-4-6-18/h2-13,32H,14H2,1H3,(H,28,29,33). The number of hydrogen-bond acceptors (Lipinski definition) is 6. The fourth-order valence-corrected chi connectivity index (χ4v) is 3.94. The molecule has 2 aromatic carbocycles. The maximum atomic E-state index is 13.1. The highest BCUT2D eigenvalue weighted by Gasteiger charge is 2.29. The molecule has 36 heavy (non-hydrogen) atoms. The number of amides is 1. The third-order valence-corrected chi connectivity index (χ3v) is 5.78. The third kappa shape index (κ3) is 5.89. The van der Waals surface area contributed by atoms with Crippen LogP contribution in [0, 0.1) is 6.92 Å². The number of ether oxygens (including phenoxy) is 1. The highest BCUT2D eigenvalue weighted by molar-refractivity contribution is 8.00. The van der Waals surface area contributed by atoms with E-state index in [4.69, 9.17) is 4.74 Å². The van der Waals surface area contributed by atoms with Gasteiger partial charge in [-0.2, -0.15) is 13.2 Å². The van der Waals surface area contributed by atoms with E-state index in [9.17, 15) is 27.9 Å². The van der Waals surface area contributed by atoms with Gasteiger partial charge in [-0.1, -0.05) is 18.2 Å². The Morgan fingerprint density at radius 3 is 2.47 bits per heavy atom. The molecule has 4 rings (SSSR count). The van der Waals surface area contributed by atoms with Crippen LogP contribution >= 0.6 is 11.8 Å². The molecule has 0 aliphatic carbocycles. The van der Waals surface area contributed by atoms with Crippen LogP contribution in [0.5, 0.6) is 11.6 Å². The van der Waals surface area contributed by atoms with Gasteiger partial charge in [0.15, 0.2) is 0 Å². The molecular weight excluding hydrogens is 497 g/mol. The van der Waals surface area contributed by atoms with Gasteiger partial charge >= 0.3 is 17.3 Å². The zero-order valence-corrected chi connectivity index (χ0v) is 19.5. The zero-order valence-electron chi connectivity index (χ0n) is 18.7. The molecule has 0 spiro atoms. The number of aromatic nitrogens is 3. The highest BCUT2D eigenvalue weighted by Crippen LogP contribution is 2.37. The molecular formula is C24H19F3N4O4S. The molecule has 4 aromatic rings. The van der Waals surface area contributed by atoms with Crippen LogP contribution < -0.4 is 15.7 Å². The van der Waals surface area contributed by atoms with Crippen molar-refractivity contribution >= 4 is 23.7 Å². The number of carbonyl (C=O) groups is 1. The first-order chi connectivity index (χ1) is 17.1. The SMILES string of the molecule is Cc1c(O)n(-c2ccc(SC(F)(F)F)cc2)c(=O)n1Cc1ccnc(NC(=O)Oc2ccccc2)c1. The van der Waals surface area contributed by atoms with Crippen molar-refractivity contribution in [1.29, 1.82) is 0 Å². The summed E-state index contributed by atoms with van der Waals surface area (Å²) in [6, 6.07) is 16.8. The van der Waals surface area contributed by atoms with Crippen LogP contribution in [0.15, 0.2) is 82.6 Å². The van der Waals surface area contributed by atoms with Crippen LogP contribution in [0.4, 0.5) is 23.8 Å². The van der Waals surface area contributed by atoms with Crippen molar-refractivity contribution in [3.8, 4) is 17.3 Å². The number of benzene rings is 2. The predicted molar refractivity (Wildman–Crippen MR) is 128 cm³/mol. The average molecular weight is 517 g/mol. The molecule has 0 radical (unpaired) electrons. The molecule has 1 amide bonds. The Morgan fingerprint density at radius 2 is 1.81 bits per heavy atom. The Bertz CT molecular complexity index is 1430. The molecule has 0 fully saturated rings. The van der Waals surface area contributed by atoms with Gasteiger partial charge in [0, 0.05) is 11.1 Å². The number of hydrogen-bond donors (Lipinski definition) is 2. The summed E-state index contributed by atoms with van der Waals surface area (Å²) in [7, 11) is 0.